The van der Waals surface area contributed by atoms with E-state index in [1.165, 1.54) is 17.0 Å². The molecule has 1 aliphatic carbocycles. The summed E-state index contributed by atoms with van der Waals surface area (Å²) in [6, 6.07) is 3.34. The molecule has 1 N–H and O–H groups in total. The van der Waals surface area contributed by atoms with E-state index in [1.807, 2.05) is 12.2 Å². The number of anilines is 1. The van der Waals surface area contributed by atoms with E-state index in [1.54, 1.807) is 0 Å². The number of nitrogens with zero attached hydrogens (tertiary/aromatic N) is 2. The Morgan fingerprint density at radius 2 is 1.81 bits per heavy atom. The summed E-state index contributed by atoms with van der Waals surface area (Å²) in [5.41, 5.74) is -0.582. The second-order valence-corrected chi connectivity index (χ2v) is 6.19. The molecule has 0 bridgehead atoms. The molecule has 1 fully saturated rings. The monoisotopic (exact) mass is 358 g/mol. The van der Waals surface area contributed by atoms with Crippen LogP contribution in [0.1, 0.15) is 23.2 Å². The smallest absolute Gasteiger partial charge is 0.270 e. The van der Waals surface area contributed by atoms with E-state index < -0.39 is 10.9 Å². The van der Waals surface area contributed by atoms with Crippen molar-refractivity contribution in [2.24, 2.45) is 11.8 Å². The first-order chi connectivity index (χ1) is 12.4. The van der Waals surface area contributed by atoms with Gasteiger partial charge in [0.15, 0.2) is 0 Å². The highest BCUT2D eigenvalue weighted by molar-refractivity contribution is 6.05. The van der Waals surface area contributed by atoms with Crippen molar-refractivity contribution in [3.05, 3.63) is 46.0 Å². The molecule has 0 saturated carbocycles. The summed E-state index contributed by atoms with van der Waals surface area (Å²) in [6.07, 6.45) is 4.90. The molecule has 3 rings (SSSR count). The van der Waals surface area contributed by atoms with Gasteiger partial charge in [0, 0.05) is 36.5 Å². The third-order valence-corrected chi connectivity index (χ3v) is 4.68. The van der Waals surface area contributed by atoms with E-state index >= 15 is 0 Å². The summed E-state index contributed by atoms with van der Waals surface area (Å²) in [5, 5.41) is 24.8. The highest BCUT2D eigenvalue weighted by Crippen LogP contribution is 2.34. The van der Waals surface area contributed by atoms with Crippen molar-refractivity contribution < 1.29 is 24.4 Å². The topological polar surface area (TPSA) is 133 Å². The lowest BCUT2D eigenvalue weighted by atomic mass is 9.85. The zero-order chi connectivity index (χ0) is 18.8. The Bertz CT molecular complexity index is 793. The van der Waals surface area contributed by atoms with E-state index in [0.717, 1.165) is 6.07 Å². The Morgan fingerprint density at radius 1 is 1.19 bits per heavy atom. The van der Waals surface area contributed by atoms with Crippen LogP contribution in [-0.2, 0) is 9.59 Å². The van der Waals surface area contributed by atoms with Crippen LogP contribution in [0.25, 0.3) is 0 Å². The summed E-state index contributed by atoms with van der Waals surface area (Å²) >= 11 is 0. The van der Waals surface area contributed by atoms with Crippen LogP contribution in [0.2, 0.25) is 0 Å². The molecule has 0 spiro atoms. The number of hydrogen-bond donors (Lipinski definition) is 1. The normalized spacial score (nSPS) is 21.6. The minimum Gasteiger partial charge on any atom is -0.545 e. The molecule has 9 heteroatoms. The number of imide groups is 1. The zero-order valence-corrected chi connectivity index (χ0v) is 13.7. The maximum Gasteiger partial charge on any atom is 0.270 e. The van der Waals surface area contributed by atoms with E-state index in [0.29, 0.717) is 12.8 Å². The molecule has 0 unspecified atom stereocenters. The fraction of sp³-hybridized carbons (Fsp3) is 0.353. The lowest BCUT2D eigenvalue weighted by molar-refractivity contribution is -0.385. The van der Waals surface area contributed by atoms with Crippen molar-refractivity contribution in [3.8, 4) is 0 Å². The number of non-ortho nitro benzene ring substituents is 1. The number of carbonyl (C=O) groups is 3. The van der Waals surface area contributed by atoms with Gasteiger partial charge in [-0.25, -0.2) is 0 Å². The SMILES string of the molecule is O=C([O-])c1cc([N+](=O)[O-])ccc1NCCN1C(=O)[C@@H]2CC=CC[C@H]2C1=O. The third kappa shape index (κ3) is 3.15. The van der Waals surface area contributed by atoms with Gasteiger partial charge < -0.3 is 15.2 Å². The maximum absolute atomic E-state index is 12.4. The number of likely N-dealkylation sites (tertiary alicyclic amines) is 1. The van der Waals surface area contributed by atoms with Gasteiger partial charge in [0.25, 0.3) is 5.69 Å². The number of rotatable bonds is 6. The van der Waals surface area contributed by atoms with Crippen LogP contribution in [0.15, 0.2) is 30.4 Å². The molecule has 2 amide bonds. The van der Waals surface area contributed by atoms with Gasteiger partial charge >= 0.3 is 0 Å². The first-order valence-corrected chi connectivity index (χ1v) is 8.14. The standard InChI is InChI=1S/C17H17N3O6/c21-15-11-3-1-2-4-12(11)16(22)19(15)8-7-18-14-6-5-10(20(25)26)9-13(14)17(23)24/h1-2,5-6,9,11-12,18H,3-4,7-8H2,(H,23,24)/p-1/t11-,12-/m1/s1. The van der Waals surface area contributed by atoms with E-state index in [4.69, 9.17) is 0 Å². The van der Waals surface area contributed by atoms with E-state index in [-0.39, 0.29) is 53.7 Å². The number of amides is 2. The number of aromatic carboxylic acids is 1. The average molecular weight is 358 g/mol. The molecule has 1 aromatic carbocycles. The molecular weight excluding hydrogens is 342 g/mol. The second kappa shape index (κ2) is 6.95. The molecule has 1 aliphatic heterocycles. The molecule has 1 heterocycles. The molecule has 0 radical (unpaired) electrons. The van der Waals surface area contributed by atoms with Crippen molar-refractivity contribution in [2.45, 2.75) is 12.8 Å². The van der Waals surface area contributed by atoms with Crippen LogP contribution in [0.5, 0.6) is 0 Å². The van der Waals surface area contributed by atoms with Crippen molar-refractivity contribution in [1.82, 2.24) is 4.90 Å². The lowest BCUT2D eigenvalue weighted by Crippen LogP contribution is -2.35. The first-order valence-electron chi connectivity index (χ1n) is 8.14. The molecule has 136 valence electrons. The third-order valence-electron chi connectivity index (χ3n) is 4.68. The van der Waals surface area contributed by atoms with Gasteiger partial charge in [-0.05, 0) is 18.9 Å². The van der Waals surface area contributed by atoms with Crippen LogP contribution in [-0.4, -0.2) is 40.7 Å². The highest BCUT2D eigenvalue weighted by atomic mass is 16.6. The summed E-state index contributed by atoms with van der Waals surface area (Å²) in [5.74, 6) is -2.61. The Kier molecular flexibility index (Phi) is 4.70. The Morgan fingerprint density at radius 3 is 2.35 bits per heavy atom. The zero-order valence-electron chi connectivity index (χ0n) is 13.7. The first kappa shape index (κ1) is 17.6. The number of carboxylic acid groups (broad SMARTS) is 1. The minimum atomic E-state index is -1.55. The maximum atomic E-state index is 12.4. The number of nitro benzene ring substituents is 1. The molecule has 1 aromatic rings. The summed E-state index contributed by atoms with van der Waals surface area (Å²) in [6.45, 7) is 0.219. The van der Waals surface area contributed by atoms with Crippen LogP contribution in [0, 0.1) is 22.0 Å². The number of nitro groups is 1. The van der Waals surface area contributed by atoms with Crippen LogP contribution in [0.3, 0.4) is 0 Å². The number of allylic oxidation sites excluding steroid dienone is 2. The number of fused-ring (bicyclic) bond motifs is 1. The molecule has 2 atom stereocenters. The Labute approximate surface area is 148 Å². The number of carbonyl (C=O) groups excluding carboxylic acids is 3. The van der Waals surface area contributed by atoms with Crippen LogP contribution >= 0.6 is 0 Å². The second-order valence-electron chi connectivity index (χ2n) is 6.19. The summed E-state index contributed by atoms with van der Waals surface area (Å²) < 4.78 is 0. The number of benzene rings is 1. The van der Waals surface area contributed by atoms with Crippen LogP contribution in [0.4, 0.5) is 11.4 Å². The molecule has 9 nitrogen and oxygen atoms in total. The van der Waals surface area contributed by atoms with Gasteiger partial charge in [-0.1, -0.05) is 12.2 Å². The van der Waals surface area contributed by atoms with E-state index in [2.05, 4.69) is 5.32 Å². The minimum absolute atomic E-state index is 0.0914. The van der Waals surface area contributed by atoms with Crippen molar-refractivity contribution in [2.75, 3.05) is 18.4 Å². The summed E-state index contributed by atoms with van der Waals surface area (Å²) in [4.78, 5) is 47.1. The number of hydrogen-bond acceptors (Lipinski definition) is 7. The lowest BCUT2D eigenvalue weighted by Gasteiger charge is -2.17. The molecular formula is C17H16N3O6-. The fourth-order valence-electron chi connectivity index (χ4n) is 3.36. The molecule has 2 aliphatic rings. The predicted molar refractivity (Wildman–Crippen MR) is 88.0 cm³/mol. The summed E-state index contributed by atoms with van der Waals surface area (Å²) in [7, 11) is 0. The van der Waals surface area contributed by atoms with E-state index in [9.17, 15) is 29.6 Å². The fourth-order valence-corrected chi connectivity index (χ4v) is 3.36. The van der Waals surface area contributed by atoms with Crippen molar-refractivity contribution in [1.29, 1.82) is 0 Å². The van der Waals surface area contributed by atoms with Crippen LogP contribution < -0.4 is 10.4 Å². The molecule has 26 heavy (non-hydrogen) atoms. The number of nitrogens with one attached hydrogen (secondary N) is 1. The van der Waals surface area contributed by atoms with Gasteiger partial charge in [-0.3, -0.25) is 24.6 Å². The van der Waals surface area contributed by atoms with Crippen molar-refractivity contribution >= 4 is 29.2 Å². The largest absolute Gasteiger partial charge is 0.545 e. The quantitative estimate of drug-likeness (QED) is 0.335. The molecule has 1 saturated heterocycles. The van der Waals surface area contributed by atoms with Gasteiger partial charge in [0.1, 0.15) is 0 Å². The highest BCUT2D eigenvalue weighted by Gasteiger charge is 2.46. The average Bonchev–Trinajstić information content (AvgIpc) is 2.86. The van der Waals surface area contributed by atoms with Gasteiger partial charge in [-0.15, -0.1) is 0 Å². The van der Waals surface area contributed by atoms with Gasteiger partial charge in [0.2, 0.25) is 11.8 Å². The van der Waals surface area contributed by atoms with Crippen molar-refractivity contribution in [3.63, 3.8) is 0 Å². The van der Waals surface area contributed by atoms with Gasteiger partial charge in [-0.2, -0.15) is 0 Å². The number of carboxylic acids is 1. The van der Waals surface area contributed by atoms with Gasteiger partial charge in [0.05, 0.1) is 22.7 Å². The predicted octanol–water partition coefficient (Wildman–Crippen LogP) is 0.321. The molecule has 0 aromatic heterocycles. The Balaban J connectivity index is 1.67. The Hall–Kier alpha value is -3.23.